The Labute approximate surface area is 98.4 Å². The molecule has 0 N–H and O–H groups in total. The minimum Gasteiger partial charge on any atom is -0.320 e. The summed E-state index contributed by atoms with van der Waals surface area (Å²) in [6.45, 7) is 1.92. The summed E-state index contributed by atoms with van der Waals surface area (Å²) in [5.74, 6) is 0. The Bertz CT molecular complexity index is 28.5. The summed E-state index contributed by atoms with van der Waals surface area (Å²) < 4.78 is 29.0. The molecule has 0 aliphatic rings. The van der Waals surface area contributed by atoms with Crippen molar-refractivity contribution in [3.8, 4) is 0 Å². The van der Waals surface area contributed by atoms with Crippen LogP contribution >= 0.6 is 15.9 Å². The van der Waals surface area contributed by atoms with Gasteiger partial charge in [-0.1, -0.05) is 0 Å². The fraction of sp³-hybridized carbons (Fsp3) is 0.500. The first-order valence-electron chi connectivity index (χ1n) is 1.45. The first-order chi connectivity index (χ1) is 3.15. The van der Waals surface area contributed by atoms with Crippen molar-refractivity contribution in [2.24, 2.45) is 0 Å². The summed E-state index contributed by atoms with van der Waals surface area (Å²) in [6.07, 6.45) is 0. The number of hydrogen-bond donors (Lipinski definition) is 0. The maximum atomic E-state index is 9.67. The molecule has 44 valence electrons. The van der Waals surface area contributed by atoms with Gasteiger partial charge in [-0.3, -0.25) is 18.3 Å². The first kappa shape index (κ1) is 16.5. The first-order valence-corrected chi connectivity index (χ1v) is 2.37. The molecule has 0 saturated carbocycles. The van der Waals surface area contributed by atoms with Crippen LogP contribution in [0.4, 0.5) is 12.9 Å². The van der Waals surface area contributed by atoms with Crippen LogP contribution in [0.5, 0.6) is 0 Å². The van der Waals surface area contributed by atoms with Gasteiger partial charge in [-0.15, -0.1) is 0 Å². The molecule has 0 saturated heterocycles. The standard InChI is InChI=1S/C2H4Br.BF3.K/c1-2-3;2-1(3)4;/h2H,1H3;;/q-1;;+1. The Morgan fingerprint density at radius 2 is 1.38 bits per heavy atom. The summed E-state index contributed by atoms with van der Waals surface area (Å²) in [7, 11) is -3.67. The molecule has 0 aliphatic carbocycles. The molecule has 6 heteroatoms. The molecule has 0 aliphatic heterocycles. The molecule has 0 unspecified atom stereocenters. The van der Waals surface area contributed by atoms with Crippen molar-refractivity contribution in [3.63, 3.8) is 0 Å². The predicted octanol–water partition coefficient (Wildman–Crippen LogP) is -0.553. The SMILES string of the molecule is C[CH-]Br.FB(F)F.[K+]. The molecule has 0 spiro atoms. The topological polar surface area (TPSA) is 0 Å². The molecule has 0 aromatic heterocycles. The van der Waals surface area contributed by atoms with Crippen molar-refractivity contribution in [3.05, 3.63) is 5.33 Å². The summed E-state index contributed by atoms with van der Waals surface area (Å²) in [5.41, 5.74) is 0. The van der Waals surface area contributed by atoms with Crippen LogP contribution in [0.2, 0.25) is 0 Å². The van der Waals surface area contributed by atoms with Gasteiger partial charge in [0.15, 0.2) is 0 Å². The zero-order chi connectivity index (χ0) is 6.28. The quantitative estimate of drug-likeness (QED) is 0.375. The third kappa shape index (κ3) is 99.7. The third-order valence-corrected chi connectivity index (χ3v) is 0. The van der Waals surface area contributed by atoms with Crippen molar-refractivity contribution < 1.29 is 64.3 Å². The monoisotopic (exact) mass is 214 g/mol. The fourth-order valence-electron chi connectivity index (χ4n) is 0. The van der Waals surface area contributed by atoms with Gasteiger partial charge in [0.05, 0.1) is 0 Å². The molecular weight excluding hydrogens is 211 g/mol. The van der Waals surface area contributed by atoms with E-state index in [1.54, 1.807) is 0 Å². The number of halogens is 4. The van der Waals surface area contributed by atoms with E-state index in [-0.39, 0.29) is 51.4 Å². The van der Waals surface area contributed by atoms with Gasteiger partial charge in [-0.05, 0) is 0 Å². The van der Waals surface area contributed by atoms with E-state index in [1.165, 1.54) is 0 Å². The van der Waals surface area contributed by atoms with Gasteiger partial charge >= 0.3 is 58.9 Å². The molecule has 0 fully saturated rings. The largest absolute Gasteiger partial charge is 1.00 e. The van der Waals surface area contributed by atoms with E-state index >= 15 is 0 Å². The summed E-state index contributed by atoms with van der Waals surface area (Å²) in [5, 5.41) is 1.81. The van der Waals surface area contributed by atoms with Crippen LogP contribution in [0.1, 0.15) is 6.92 Å². The number of hydrogen-bond acceptors (Lipinski definition) is 0. The molecule has 0 rings (SSSR count). The van der Waals surface area contributed by atoms with Crippen molar-refractivity contribution in [2.45, 2.75) is 6.92 Å². The van der Waals surface area contributed by atoms with Crippen LogP contribution in [-0.2, 0) is 0 Å². The van der Waals surface area contributed by atoms with E-state index in [4.69, 9.17) is 0 Å². The Morgan fingerprint density at radius 3 is 1.38 bits per heavy atom. The van der Waals surface area contributed by atoms with E-state index in [0.29, 0.717) is 0 Å². The van der Waals surface area contributed by atoms with Gasteiger partial charge < -0.3 is 15.9 Å². The molecule has 0 amide bonds. The Kier molecular flexibility index (Phi) is 33.0. The summed E-state index contributed by atoms with van der Waals surface area (Å²) in [6, 6.07) is 0. The van der Waals surface area contributed by atoms with E-state index in [9.17, 15) is 12.9 Å². The molecule has 0 radical (unpaired) electrons. The van der Waals surface area contributed by atoms with Crippen molar-refractivity contribution in [2.75, 3.05) is 0 Å². The second kappa shape index (κ2) is 16.0. The second-order valence-electron chi connectivity index (χ2n) is 0.466. The molecular formula is C2H4BBrF3K. The Balaban J connectivity index is -0.0000000575. The van der Waals surface area contributed by atoms with E-state index in [0.717, 1.165) is 0 Å². The molecule has 8 heavy (non-hydrogen) atoms. The van der Waals surface area contributed by atoms with Crippen LogP contribution in [-0.4, -0.2) is 7.54 Å². The molecule has 0 aromatic rings. The molecule has 0 aromatic carbocycles. The third-order valence-electron chi connectivity index (χ3n) is 0. The van der Waals surface area contributed by atoms with E-state index < -0.39 is 7.54 Å². The van der Waals surface area contributed by atoms with Crippen molar-refractivity contribution >= 4 is 23.5 Å². The van der Waals surface area contributed by atoms with Crippen LogP contribution < -0.4 is 51.4 Å². The van der Waals surface area contributed by atoms with Gasteiger partial charge in [0.25, 0.3) is 0 Å². The zero-order valence-corrected chi connectivity index (χ0v) is 9.38. The Morgan fingerprint density at radius 1 is 1.38 bits per heavy atom. The molecule has 0 bridgehead atoms. The van der Waals surface area contributed by atoms with E-state index in [1.807, 2.05) is 12.3 Å². The van der Waals surface area contributed by atoms with Crippen LogP contribution in [0, 0.1) is 5.33 Å². The van der Waals surface area contributed by atoms with Crippen molar-refractivity contribution in [1.29, 1.82) is 0 Å². The maximum absolute atomic E-state index is 9.67. The minimum atomic E-state index is -3.67. The van der Waals surface area contributed by atoms with Gasteiger partial charge in [-0.2, -0.15) is 6.92 Å². The van der Waals surface area contributed by atoms with Gasteiger partial charge in [0, 0.05) is 0 Å². The van der Waals surface area contributed by atoms with Gasteiger partial charge in [0.1, 0.15) is 0 Å². The molecule has 0 nitrogen and oxygen atoms in total. The van der Waals surface area contributed by atoms with Crippen LogP contribution in [0.25, 0.3) is 0 Å². The molecule has 0 atom stereocenters. The predicted molar refractivity (Wildman–Crippen MR) is 28.0 cm³/mol. The summed E-state index contributed by atoms with van der Waals surface area (Å²) in [4.78, 5) is 0. The zero-order valence-electron chi connectivity index (χ0n) is 4.67. The van der Waals surface area contributed by atoms with Gasteiger partial charge in [0.2, 0.25) is 0 Å². The Hall–Kier alpha value is 1.97. The smallest absolute Gasteiger partial charge is 0.320 e. The summed E-state index contributed by atoms with van der Waals surface area (Å²) >= 11 is 3.02. The average Bonchev–Trinajstić information content (AvgIpc) is 1.33. The normalized spacial score (nSPS) is 5.62. The maximum Gasteiger partial charge on any atom is 1.00 e. The van der Waals surface area contributed by atoms with Crippen LogP contribution in [0.15, 0.2) is 0 Å². The second-order valence-corrected chi connectivity index (χ2v) is 1.38. The van der Waals surface area contributed by atoms with Crippen molar-refractivity contribution in [1.82, 2.24) is 0 Å². The fourth-order valence-corrected chi connectivity index (χ4v) is 0. The molecule has 0 heterocycles. The number of rotatable bonds is 0. The van der Waals surface area contributed by atoms with Gasteiger partial charge in [-0.25, -0.2) is 0 Å². The average molecular weight is 215 g/mol. The van der Waals surface area contributed by atoms with Crippen LogP contribution in [0.3, 0.4) is 0 Å². The van der Waals surface area contributed by atoms with E-state index in [2.05, 4.69) is 15.9 Å². The minimum absolute atomic E-state index is 0.